The molecule has 0 aliphatic heterocycles. The molecule has 1 N–H and O–H groups in total. The number of benzene rings is 1. The lowest BCUT2D eigenvalue weighted by Gasteiger charge is -2.09. The predicted octanol–water partition coefficient (Wildman–Crippen LogP) is 3.93. The topological polar surface area (TPSA) is 51.0 Å². The minimum Gasteiger partial charge on any atom is -0.416 e. The average Bonchev–Trinajstić information content (AvgIpc) is 2.77. The van der Waals surface area contributed by atoms with Crippen LogP contribution in [-0.4, -0.2) is 16.7 Å². The van der Waals surface area contributed by atoms with Gasteiger partial charge in [0.15, 0.2) is 0 Å². The zero-order valence-electron chi connectivity index (χ0n) is 11.8. The third-order valence-corrected chi connectivity index (χ3v) is 3.79. The summed E-state index contributed by atoms with van der Waals surface area (Å²) in [4.78, 5) is 0.992. The molecule has 6 heteroatoms. The molecule has 1 heterocycles. The van der Waals surface area contributed by atoms with Gasteiger partial charge in [0.05, 0.1) is 0 Å². The van der Waals surface area contributed by atoms with E-state index in [2.05, 4.69) is 29.4 Å². The lowest BCUT2D eigenvalue weighted by molar-refractivity contribution is 0.429. The fraction of sp³-hybridized carbons (Fsp3) is 0.429. The van der Waals surface area contributed by atoms with Gasteiger partial charge in [0.1, 0.15) is 0 Å². The maximum absolute atomic E-state index is 6.30. The van der Waals surface area contributed by atoms with E-state index in [0.717, 1.165) is 28.6 Å². The molecule has 0 bridgehead atoms. The molecule has 0 aliphatic carbocycles. The second kappa shape index (κ2) is 7.11. The van der Waals surface area contributed by atoms with Gasteiger partial charge in [0.25, 0.3) is 5.22 Å². The fourth-order valence-corrected chi connectivity index (χ4v) is 2.72. The number of aryl methyl sites for hydroxylation is 1. The molecule has 0 spiro atoms. The SMILES string of the molecule is Cc1nnc(Sc2ccc(CNCC(C)C)c(Cl)c2)o1. The van der Waals surface area contributed by atoms with Crippen molar-refractivity contribution in [1.29, 1.82) is 0 Å². The van der Waals surface area contributed by atoms with E-state index < -0.39 is 0 Å². The van der Waals surface area contributed by atoms with E-state index in [1.165, 1.54) is 11.8 Å². The number of nitrogens with zero attached hydrogens (tertiary/aromatic N) is 2. The minimum atomic E-state index is 0.532. The maximum atomic E-state index is 6.30. The Bertz CT molecular complexity index is 571. The molecule has 0 aliphatic rings. The van der Waals surface area contributed by atoms with Crippen molar-refractivity contribution in [3.8, 4) is 0 Å². The lowest BCUT2D eigenvalue weighted by atomic mass is 10.2. The molecular formula is C14H18ClN3OS. The number of nitrogens with one attached hydrogen (secondary N) is 1. The average molecular weight is 312 g/mol. The number of halogens is 1. The van der Waals surface area contributed by atoms with Crippen LogP contribution in [0.3, 0.4) is 0 Å². The van der Waals surface area contributed by atoms with E-state index in [-0.39, 0.29) is 0 Å². The van der Waals surface area contributed by atoms with Crippen LogP contribution in [0.1, 0.15) is 25.3 Å². The summed E-state index contributed by atoms with van der Waals surface area (Å²) in [6.07, 6.45) is 0. The standard InChI is InChI=1S/C14H18ClN3OS/c1-9(2)7-16-8-11-4-5-12(6-13(11)15)20-14-18-17-10(3)19-14/h4-6,9,16H,7-8H2,1-3H3. The molecule has 0 atom stereocenters. The summed E-state index contributed by atoms with van der Waals surface area (Å²) in [7, 11) is 0. The van der Waals surface area contributed by atoms with Crippen molar-refractivity contribution in [3.05, 3.63) is 34.7 Å². The lowest BCUT2D eigenvalue weighted by Crippen LogP contribution is -2.19. The molecule has 4 nitrogen and oxygen atoms in total. The molecule has 20 heavy (non-hydrogen) atoms. The fourth-order valence-electron chi connectivity index (χ4n) is 1.65. The molecule has 2 rings (SSSR count). The summed E-state index contributed by atoms with van der Waals surface area (Å²) in [5.41, 5.74) is 1.10. The summed E-state index contributed by atoms with van der Waals surface area (Å²) in [6, 6.07) is 5.97. The predicted molar refractivity (Wildman–Crippen MR) is 81.2 cm³/mol. The Kier molecular flexibility index (Phi) is 5.46. The second-order valence-electron chi connectivity index (χ2n) is 4.97. The van der Waals surface area contributed by atoms with Crippen LogP contribution in [0.25, 0.3) is 0 Å². The van der Waals surface area contributed by atoms with Crippen molar-refractivity contribution in [3.63, 3.8) is 0 Å². The Balaban J connectivity index is 1.98. The van der Waals surface area contributed by atoms with E-state index in [9.17, 15) is 0 Å². The normalized spacial score (nSPS) is 11.2. The van der Waals surface area contributed by atoms with E-state index in [4.69, 9.17) is 16.0 Å². The maximum Gasteiger partial charge on any atom is 0.281 e. The summed E-state index contributed by atoms with van der Waals surface area (Å²) in [5, 5.41) is 12.4. The Hall–Kier alpha value is -1.04. The van der Waals surface area contributed by atoms with Gasteiger partial charge < -0.3 is 9.73 Å². The van der Waals surface area contributed by atoms with Crippen molar-refractivity contribution in [1.82, 2.24) is 15.5 Å². The van der Waals surface area contributed by atoms with Gasteiger partial charge in [-0.15, -0.1) is 10.2 Å². The minimum absolute atomic E-state index is 0.532. The molecule has 1 aromatic heterocycles. The summed E-state index contributed by atoms with van der Waals surface area (Å²) in [6.45, 7) is 7.89. The Morgan fingerprint density at radius 3 is 2.75 bits per heavy atom. The van der Waals surface area contributed by atoms with Gasteiger partial charge in [-0.25, -0.2) is 0 Å². The van der Waals surface area contributed by atoms with Gasteiger partial charge in [0.2, 0.25) is 5.89 Å². The zero-order valence-corrected chi connectivity index (χ0v) is 13.4. The highest BCUT2D eigenvalue weighted by molar-refractivity contribution is 7.99. The largest absolute Gasteiger partial charge is 0.416 e. The highest BCUT2D eigenvalue weighted by Crippen LogP contribution is 2.29. The summed E-state index contributed by atoms with van der Waals surface area (Å²) < 4.78 is 5.33. The first-order valence-electron chi connectivity index (χ1n) is 6.51. The monoisotopic (exact) mass is 311 g/mol. The van der Waals surface area contributed by atoms with E-state index in [0.29, 0.717) is 17.0 Å². The van der Waals surface area contributed by atoms with Crippen molar-refractivity contribution >= 4 is 23.4 Å². The van der Waals surface area contributed by atoms with Crippen LogP contribution in [0.15, 0.2) is 32.7 Å². The Morgan fingerprint density at radius 2 is 2.15 bits per heavy atom. The number of hydrogen-bond donors (Lipinski definition) is 1. The van der Waals surface area contributed by atoms with Crippen molar-refractivity contribution < 1.29 is 4.42 Å². The van der Waals surface area contributed by atoms with Gasteiger partial charge in [-0.05, 0) is 41.9 Å². The van der Waals surface area contributed by atoms with Crippen LogP contribution in [0, 0.1) is 12.8 Å². The number of rotatable bonds is 6. The highest BCUT2D eigenvalue weighted by Gasteiger charge is 2.07. The molecular weight excluding hydrogens is 294 g/mol. The molecule has 108 valence electrons. The van der Waals surface area contributed by atoms with Gasteiger partial charge in [0, 0.05) is 23.4 Å². The molecule has 2 aromatic rings. The van der Waals surface area contributed by atoms with Crippen LogP contribution in [0.5, 0.6) is 0 Å². The molecule has 0 radical (unpaired) electrons. The van der Waals surface area contributed by atoms with Gasteiger partial charge in [-0.3, -0.25) is 0 Å². The van der Waals surface area contributed by atoms with Gasteiger partial charge >= 0.3 is 0 Å². The molecule has 0 amide bonds. The number of aromatic nitrogens is 2. The molecule has 0 saturated heterocycles. The van der Waals surface area contributed by atoms with E-state index >= 15 is 0 Å². The van der Waals surface area contributed by atoms with Crippen LogP contribution < -0.4 is 5.32 Å². The van der Waals surface area contributed by atoms with Crippen LogP contribution >= 0.6 is 23.4 Å². The first kappa shape index (κ1) is 15.4. The van der Waals surface area contributed by atoms with Crippen molar-refractivity contribution in [2.24, 2.45) is 5.92 Å². The third kappa shape index (κ3) is 4.51. The van der Waals surface area contributed by atoms with Gasteiger partial charge in [-0.1, -0.05) is 31.5 Å². The van der Waals surface area contributed by atoms with Gasteiger partial charge in [-0.2, -0.15) is 0 Å². The first-order valence-corrected chi connectivity index (χ1v) is 7.71. The van der Waals surface area contributed by atoms with Crippen molar-refractivity contribution in [2.75, 3.05) is 6.54 Å². The van der Waals surface area contributed by atoms with Crippen LogP contribution in [-0.2, 0) is 6.54 Å². The first-order chi connectivity index (χ1) is 9.54. The smallest absolute Gasteiger partial charge is 0.281 e. The Labute approximate surface area is 128 Å². The molecule has 0 saturated carbocycles. The van der Waals surface area contributed by atoms with Crippen LogP contribution in [0.2, 0.25) is 5.02 Å². The Morgan fingerprint density at radius 1 is 1.35 bits per heavy atom. The second-order valence-corrected chi connectivity index (χ2v) is 6.40. The summed E-state index contributed by atoms with van der Waals surface area (Å²) >= 11 is 7.71. The van der Waals surface area contributed by atoms with Crippen molar-refractivity contribution in [2.45, 2.75) is 37.4 Å². The number of hydrogen-bond acceptors (Lipinski definition) is 5. The van der Waals surface area contributed by atoms with E-state index in [1.807, 2.05) is 18.2 Å². The zero-order chi connectivity index (χ0) is 14.5. The molecule has 0 unspecified atom stereocenters. The van der Waals surface area contributed by atoms with Crippen LogP contribution in [0.4, 0.5) is 0 Å². The molecule has 0 fully saturated rings. The quantitative estimate of drug-likeness (QED) is 0.876. The highest BCUT2D eigenvalue weighted by atomic mass is 35.5. The van der Waals surface area contributed by atoms with E-state index in [1.54, 1.807) is 6.92 Å². The molecule has 1 aromatic carbocycles. The summed E-state index contributed by atoms with van der Waals surface area (Å²) in [5.74, 6) is 1.19. The third-order valence-electron chi connectivity index (χ3n) is 2.61.